The maximum atomic E-state index is 12.9. The van der Waals surface area contributed by atoms with Gasteiger partial charge < -0.3 is 9.26 Å². The molecule has 150 valence electrons. The molecule has 0 unspecified atom stereocenters. The van der Waals surface area contributed by atoms with Gasteiger partial charge in [-0.2, -0.15) is 17.7 Å². The Morgan fingerprint density at radius 3 is 2.53 bits per heavy atom. The van der Waals surface area contributed by atoms with E-state index in [1.54, 1.807) is 30.5 Å². The van der Waals surface area contributed by atoms with E-state index < -0.39 is 11.9 Å². The number of benzene rings is 1. The van der Waals surface area contributed by atoms with E-state index in [1.807, 2.05) is 18.2 Å². The zero-order valence-corrected chi connectivity index (χ0v) is 15.0. The highest BCUT2D eigenvalue weighted by Gasteiger charge is 2.36. The monoisotopic (exact) mass is 412 g/mol. The largest absolute Gasteiger partial charge is 0.470 e. The third-order valence-electron chi connectivity index (χ3n) is 4.33. The average molecular weight is 412 g/mol. The molecule has 5 rings (SSSR count). The number of rotatable bonds is 4. The van der Waals surface area contributed by atoms with Crippen molar-refractivity contribution in [3.05, 3.63) is 66.2 Å². The number of pyridine rings is 1. The number of ether oxygens (including phenoxy) is 1. The molecule has 0 radical (unpaired) electrons. The van der Waals surface area contributed by atoms with E-state index in [1.165, 1.54) is 4.52 Å². The maximum Gasteiger partial charge on any atom is 0.452 e. The Balaban J connectivity index is 1.63. The molecular weight excluding hydrogens is 401 g/mol. The van der Waals surface area contributed by atoms with Gasteiger partial charge in [0.2, 0.25) is 17.5 Å². The van der Waals surface area contributed by atoms with Crippen molar-refractivity contribution in [1.82, 2.24) is 30.0 Å². The molecule has 0 amide bonds. The molecule has 0 spiro atoms. The van der Waals surface area contributed by atoms with Crippen molar-refractivity contribution in [3.63, 3.8) is 0 Å². The normalized spacial score (nSPS) is 12.0. The van der Waals surface area contributed by atoms with Gasteiger partial charge in [0.1, 0.15) is 6.61 Å². The van der Waals surface area contributed by atoms with Crippen molar-refractivity contribution in [2.24, 2.45) is 0 Å². The summed E-state index contributed by atoms with van der Waals surface area (Å²) in [5.41, 5.74) is 0.898. The van der Waals surface area contributed by atoms with Crippen molar-refractivity contribution in [3.8, 4) is 17.4 Å². The number of nitrogens with zero attached hydrogens (tertiary/aromatic N) is 6. The first kappa shape index (κ1) is 18.0. The van der Waals surface area contributed by atoms with Gasteiger partial charge in [-0.1, -0.05) is 29.4 Å². The second-order valence-corrected chi connectivity index (χ2v) is 6.29. The quantitative estimate of drug-likeness (QED) is 0.442. The lowest BCUT2D eigenvalue weighted by atomic mass is 10.2. The van der Waals surface area contributed by atoms with Crippen molar-refractivity contribution >= 4 is 16.4 Å². The molecule has 8 nitrogen and oxygen atoms in total. The fourth-order valence-electron chi connectivity index (χ4n) is 2.96. The van der Waals surface area contributed by atoms with Crippen molar-refractivity contribution < 1.29 is 22.4 Å². The summed E-state index contributed by atoms with van der Waals surface area (Å²) in [6.45, 7) is 0.156. The van der Waals surface area contributed by atoms with Crippen LogP contribution in [-0.2, 0) is 12.8 Å². The standard InChI is InChI=1S/C19H11F3N6O2/c20-19(21,22)15-9-14(27-30-15)17-25-24-16-12-6-1-2-7-13(12)18(26-28(16)17)29-10-11-5-3-4-8-23-11/h1-9H,10H2. The summed E-state index contributed by atoms with van der Waals surface area (Å²) < 4.78 is 50.2. The van der Waals surface area contributed by atoms with E-state index in [0.717, 1.165) is 6.07 Å². The molecular formula is C19H11F3N6O2. The fourth-order valence-corrected chi connectivity index (χ4v) is 2.96. The summed E-state index contributed by atoms with van der Waals surface area (Å²) in [6.07, 6.45) is -3.02. The van der Waals surface area contributed by atoms with Crippen LogP contribution in [-0.4, -0.2) is 30.0 Å². The number of hydrogen-bond donors (Lipinski definition) is 0. The molecule has 0 N–H and O–H groups in total. The second kappa shape index (κ2) is 6.79. The van der Waals surface area contributed by atoms with Crippen LogP contribution < -0.4 is 4.74 Å². The summed E-state index contributed by atoms with van der Waals surface area (Å²) in [7, 11) is 0. The SMILES string of the molecule is FC(F)(F)c1cc(-c2nnc3c4ccccc4c(OCc4ccccn4)nn23)no1. The average Bonchev–Trinajstić information content (AvgIpc) is 3.40. The zero-order chi connectivity index (χ0) is 20.7. The predicted octanol–water partition coefficient (Wildman–Crippen LogP) is 3.93. The van der Waals surface area contributed by atoms with Crippen molar-refractivity contribution in [2.75, 3.05) is 0 Å². The zero-order valence-electron chi connectivity index (χ0n) is 15.0. The minimum atomic E-state index is -4.66. The van der Waals surface area contributed by atoms with Crippen molar-refractivity contribution in [1.29, 1.82) is 0 Å². The summed E-state index contributed by atoms with van der Waals surface area (Å²) in [5.74, 6) is -0.983. The lowest BCUT2D eigenvalue weighted by Gasteiger charge is -2.09. The van der Waals surface area contributed by atoms with Gasteiger partial charge in [-0.3, -0.25) is 4.98 Å². The molecule has 0 atom stereocenters. The molecule has 0 aliphatic rings. The first-order valence-corrected chi connectivity index (χ1v) is 8.72. The van der Waals surface area contributed by atoms with E-state index >= 15 is 0 Å². The summed E-state index contributed by atoms with van der Waals surface area (Å²) >= 11 is 0. The number of alkyl halides is 3. The van der Waals surface area contributed by atoms with E-state index in [2.05, 4.69) is 30.0 Å². The summed E-state index contributed by atoms with van der Waals surface area (Å²) in [6, 6.07) is 13.4. The van der Waals surface area contributed by atoms with E-state index in [9.17, 15) is 13.2 Å². The smallest absolute Gasteiger partial charge is 0.452 e. The Labute approximate surface area is 165 Å². The Hall–Kier alpha value is -4.02. The molecule has 1 aromatic carbocycles. The van der Waals surface area contributed by atoms with Gasteiger partial charge in [-0.15, -0.1) is 15.3 Å². The molecule has 4 heterocycles. The first-order valence-electron chi connectivity index (χ1n) is 8.72. The van der Waals surface area contributed by atoms with Gasteiger partial charge in [0.15, 0.2) is 11.3 Å². The van der Waals surface area contributed by atoms with Crippen LogP contribution in [0.1, 0.15) is 11.5 Å². The Morgan fingerprint density at radius 2 is 1.80 bits per heavy atom. The Bertz CT molecular complexity index is 1350. The van der Waals surface area contributed by atoms with Gasteiger partial charge in [-0.05, 0) is 18.2 Å². The number of hydrogen-bond acceptors (Lipinski definition) is 7. The molecule has 0 fully saturated rings. The molecule has 30 heavy (non-hydrogen) atoms. The molecule has 0 saturated carbocycles. The Morgan fingerprint density at radius 1 is 1.00 bits per heavy atom. The molecule has 0 aliphatic carbocycles. The molecule has 4 aromatic heterocycles. The van der Waals surface area contributed by atoms with Crippen LogP contribution in [0.3, 0.4) is 0 Å². The second-order valence-electron chi connectivity index (χ2n) is 6.29. The van der Waals surface area contributed by atoms with Gasteiger partial charge in [0.05, 0.1) is 5.69 Å². The van der Waals surface area contributed by atoms with Crippen LogP contribution in [0.25, 0.3) is 27.9 Å². The number of aromatic nitrogens is 6. The van der Waals surface area contributed by atoms with Crippen LogP contribution >= 0.6 is 0 Å². The third kappa shape index (κ3) is 3.09. The molecule has 0 saturated heterocycles. The third-order valence-corrected chi connectivity index (χ3v) is 4.33. The van der Waals surface area contributed by atoms with Crippen LogP contribution in [0.15, 0.2) is 59.3 Å². The summed E-state index contributed by atoms with van der Waals surface area (Å²) in [5, 5.41) is 17.3. The molecule has 11 heteroatoms. The fraction of sp³-hybridized carbons (Fsp3) is 0.105. The van der Waals surface area contributed by atoms with E-state index in [4.69, 9.17) is 4.74 Å². The highest BCUT2D eigenvalue weighted by molar-refractivity contribution is 5.96. The predicted molar refractivity (Wildman–Crippen MR) is 97.4 cm³/mol. The highest BCUT2D eigenvalue weighted by atomic mass is 19.4. The Kier molecular flexibility index (Phi) is 4.09. The van der Waals surface area contributed by atoms with Crippen LogP contribution in [0.5, 0.6) is 5.88 Å². The lowest BCUT2D eigenvalue weighted by molar-refractivity contribution is -0.155. The minimum Gasteiger partial charge on any atom is -0.470 e. The maximum absolute atomic E-state index is 12.9. The van der Waals surface area contributed by atoms with Gasteiger partial charge >= 0.3 is 6.18 Å². The lowest BCUT2D eigenvalue weighted by Crippen LogP contribution is -2.04. The van der Waals surface area contributed by atoms with Gasteiger partial charge in [0.25, 0.3) is 0 Å². The van der Waals surface area contributed by atoms with E-state index in [0.29, 0.717) is 22.1 Å². The van der Waals surface area contributed by atoms with Crippen molar-refractivity contribution in [2.45, 2.75) is 12.8 Å². The topological polar surface area (TPSA) is 91.2 Å². The molecule has 0 aliphatic heterocycles. The van der Waals surface area contributed by atoms with Crippen LogP contribution in [0, 0.1) is 0 Å². The van der Waals surface area contributed by atoms with Gasteiger partial charge in [0, 0.05) is 23.0 Å². The van der Waals surface area contributed by atoms with E-state index in [-0.39, 0.29) is 24.0 Å². The number of fused-ring (bicyclic) bond motifs is 3. The molecule has 0 bridgehead atoms. The highest BCUT2D eigenvalue weighted by Crippen LogP contribution is 2.33. The van der Waals surface area contributed by atoms with Crippen LogP contribution in [0.2, 0.25) is 0 Å². The number of halogens is 3. The molecule has 5 aromatic rings. The van der Waals surface area contributed by atoms with Gasteiger partial charge in [-0.25, -0.2) is 0 Å². The van der Waals surface area contributed by atoms with Crippen LogP contribution in [0.4, 0.5) is 13.2 Å². The summed E-state index contributed by atoms with van der Waals surface area (Å²) in [4.78, 5) is 4.20. The first-order chi connectivity index (χ1) is 14.5. The minimum absolute atomic E-state index is 0.00214.